The van der Waals surface area contributed by atoms with Crippen LogP contribution in [0.25, 0.3) is 11.1 Å². The fourth-order valence-corrected chi connectivity index (χ4v) is 4.52. The summed E-state index contributed by atoms with van der Waals surface area (Å²) < 4.78 is 5.06. The Morgan fingerprint density at radius 1 is 1.00 bits per heavy atom. The van der Waals surface area contributed by atoms with Crippen molar-refractivity contribution < 1.29 is 14.3 Å². The zero-order chi connectivity index (χ0) is 21.9. The highest BCUT2D eigenvalue weighted by molar-refractivity contribution is 7.17. The van der Waals surface area contributed by atoms with Crippen LogP contribution >= 0.6 is 11.3 Å². The van der Waals surface area contributed by atoms with Gasteiger partial charge in [-0.2, -0.15) is 0 Å². The normalized spacial score (nSPS) is 11.2. The van der Waals surface area contributed by atoms with Crippen molar-refractivity contribution in [3.63, 3.8) is 0 Å². The van der Waals surface area contributed by atoms with Crippen molar-refractivity contribution in [2.45, 2.75) is 34.1 Å². The lowest BCUT2D eigenvalue weighted by Crippen LogP contribution is -2.33. The molecule has 0 saturated carbocycles. The van der Waals surface area contributed by atoms with Crippen molar-refractivity contribution in [3.05, 3.63) is 76.2 Å². The number of esters is 1. The van der Waals surface area contributed by atoms with Gasteiger partial charge >= 0.3 is 5.97 Å². The van der Waals surface area contributed by atoms with E-state index in [4.69, 9.17) is 4.74 Å². The Morgan fingerprint density at radius 2 is 1.63 bits per heavy atom. The van der Waals surface area contributed by atoms with Gasteiger partial charge in [-0.25, -0.2) is 4.79 Å². The average Bonchev–Trinajstić information content (AvgIpc) is 3.04. The lowest BCUT2D eigenvalue weighted by atomic mass is 9.85. The van der Waals surface area contributed by atoms with Gasteiger partial charge in [-0.3, -0.25) is 4.79 Å². The van der Waals surface area contributed by atoms with Crippen LogP contribution < -0.4 is 5.32 Å². The maximum atomic E-state index is 13.1. The van der Waals surface area contributed by atoms with E-state index in [1.165, 1.54) is 18.4 Å². The minimum atomic E-state index is -0.642. The number of carbonyl (C=O) groups excluding carboxylic acids is 2. The van der Waals surface area contributed by atoms with E-state index in [1.54, 1.807) is 0 Å². The third kappa shape index (κ3) is 4.62. The molecule has 0 aliphatic heterocycles. The van der Waals surface area contributed by atoms with Gasteiger partial charge < -0.3 is 10.1 Å². The maximum absolute atomic E-state index is 13.1. The number of nitrogens with one attached hydrogen (secondary N) is 1. The summed E-state index contributed by atoms with van der Waals surface area (Å²) in [5, 5.41) is 3.54. The molecule has 1 N–H and O–H groups in total. The van der Waals surface area contributed by atoms with Crippen molar-refractivity contribution in [2.75, 3.05) is 12.4 Å². The van der Waals surface area contributed by atoms with Crippen molar-refractivity contribution in [2.24, 2.45) is 5.41 Å². The molecule has 1 amide bonds. The Bertz CT molecular complexity index is 1050. The van der Waals surface area contributed by atoms with E-state index in [1.807, 2.05) is 82.3 Å². The van der Waals surface area contributed by atoms with Crippen molar-refractivity contribution in [1.29, 1.82) is 0 Å². The lowest BCUT2D eigenvalue weighted by Gasteiger charge is -2.23. The number of carbonyl (C=O) groups is 2. The third-order valence-corrected chi connectivity index (χ3v) is 6.17. The molecule has 3 aromatic rings. The number of amides is 1. The predicted octanol–water partition coefficient (Wildman–Crippen LogP) is 6.03. The molecule has 156 valence electrons. The van der Waals surface area contributed by atoms with E-state index in [0.29, 0.717) is 17.0 Å². The molecule has 0 atom stereocenters. The molecule has 0 unspecified atom stereocenters. The van der Waals surface area contributed by atoms with Gasteiger partial charge in [0.25, 0.3) is 0 Å². The number of benzene rings is 2. The summed E-state index contributed by atoms with van der Waals surface area (Å²) in [5.74, 6) is -0.584. The van der Waals surface area contributed by atoms with E-state index >= 15 is 0 Å². The summed E-state index contributed by atoms with van der Waals surface area (Å²) in [6.07, 6.45) is 0.600. The van der Waals surface area contributed by atoms with Crippen LogP contribution in [0, 0.1) is 19.3 Å². The van der Waals surface area contributed by atoms with Crippen molar-refractivity contribution in [3.8, 4) is 11.1 Å². The molecule has 30 heavy (non-hydrogen) atoms. The van der Waals surface area contributed by atoms with Crippen molar-refractivity contribution in [1.82, 2.24) is 0 Å². The van der Waals surface area contributed by atoms with Gasteiger partial charge in [-0.05, 0) is 31.4 Å². The molecule has 0 saturated heterocycles. The quantitative estimate of drug-likeness (QED) is 0.495. The summed E-state index contributed by atoms with van der Waals surface area (Å²) >= 11 is 1.40. The van der Waals surface area contributed by atoms with Gasteiger partial charge in [0, 0.05) is 15.9 Å². The van der Waals surface area contributed by atoms with Crippen molar-refractivity contribution >= 4 is 28.2 Å². The van der Waals surface area contributed by atoms with E-state index in [-0.39, 0.29) is 5.91 Å². The van der Waals surface area contributed by atoms with E-state index in [9.17, 15) is 9.59 Å². The largest absolute Gasteiger partial charge is 0.465 e. The van der Waals surface area contributed by atoms with Crippen LogP contribution in [0.5, 0.6) is 0 Å². The van der Waals surface area contributed by atoms with Gasteiger partial charge in [0.05, 0.1) is 7.11 Å². The topological polar surface area (TPSA) is 55.4 Å². The molecule has 1 heterocycles. The van der Waals surface area contributed by atoms with E-state index in [0.717, 1.165) is 27.1 Å². The highest BCUT2D eigenvalue weighted by Gasteiger charge is 2.31. The van der Waals surface area contributed by atoms with Crippen LogP contribution in [0.4, 0.5) is 5.00 Å². The molecule has 0 spiro atoms. The SMILES string of the molecule is COC(=O)c1c(NC(=O)C(C)(C)Cc2ccccc2)sc(C)c1-c1ccc(C)cc1. The number of methoxy groups -OCH3 is 1. The second kappa shape index (κ2) is 8.84. The molecule has 0 radical (unpaired) electrons. The summed E-state index contributed by atoms with van der Waals surface area (Å²) in [4.78, 5) is 26.8. The van der Waals surface area contributed by atoms with Crippen LogP contribution in [-0.4, -0.2) is 19.0 Å². The first kappa shape index (κ1) is 21.8. The molecule has 0 aliphatic carbocycles. The van der Waals surface area contributed by atoms with Crippen LogP contribution in [0.1, 0.15) is 40.2 Å². The maximum Gasteiger partial charge on any atom is 0.341 e. The van der Waals surface area contributed by atoms with Gasteiger partial charge in [0.15, 0.2) is 0 Å². The molecule has 0 aliphatic rings. The Hall–Kier alpha value is -2.92. The monoisotopic (exact) mass is 421 g/mol. The Kier molecular flexibility index (Phi) is 6.42. The van der Waals surface area contributed by atoms with Gasteiger partial charge in [0.1, 0.15) is 10.6 Å². The molecule has 0 bridgehead atoms. The number of rotatable bonds is 6. The minimum Gasteiger partial charge on any atom is -0.465 e. The number of hydrogen-bond acceptors (Lipinski definition) is 4. The van der Waals surface area contributed by atoms with Gasteiger partial charge in [0.2, 0.25) is 5.91 Å². The highest BCUT2D eigenvalue weighted by atomic mass is 32.1. The Balaban J connectivity index is 1.95. The highest BCUT2D eigenvalue weighted by Crippen LogP contribution is 2.41. The van der Waals surface area contributed by atoms with Crippen LogP contribution in [0.15, 0.2) is 54.6 Å². The number of ether oxygens (including phenoxy) is 1. The second-order valence-electron chi connectivity index (χ2n) is 8.10. The molecule has 3 rings (SSSR count). The van der Waals surface area contributed by atoms with Crippen LogP contribution in [0.3, 0.4) is 0 Å². The average molecular weight is 422 g/mol. The molecule has 1 aromatic heterocycles. The van der Waals surface area contributed by atoms with E-state index in [2.05, 4.69) is 5.32 Å². The number of aryl methyl sites for hydroxylation is 2. The summed E-state index contributed by atoms with van der Waals surface area (Å²) in [5.41, 5.74) is 3.74. The first-order chi connectivity index (χ1) is 14.2. The van der Waals surface area contributed by atoms with E-state index < -0.39 is 11.4 Å². The number of hydrogen-bond donors (Lipinski definition) is 1. The predicted molar refractivity (Wildman–Crippen MR) is 123 cm³/mol. The van der Waals surface area contributed by atoms with Crippen LogP contribution in [0.2, 0.25) is 0 Å². The standard InChI is InChI=1S/C25H27NO3S/c1-16-11-13-19(14-12-16)20-17(2)30-22(21(20)23(27)29-5)26-24(28)25(3,4)15-18-9-7-6-8-10-18/h6-14H,15H2,1-5H3,(H,26,28). The lowest BCUT2D eigenvalue weighted by molar-refractivity contribution is -0.123. The van der Waals surface area contributed by atoms with Gasteiger partial charge in [-0.15, -0.1) is 11.3 Å². The molecular weight excluding hydrogens is 394 g/mol. The number of thiophene rings is 1. The minimum absolute atomic E-state index is 0.131. The molecule has 0 fully saturated rings. The fraction of sp³-hybridized carbons (Fsp3) is 0.280. The fourth-order valence-electron chi connectivity index (χ4n) is 3.46. The zero-order valence-corrected chi connectivity index (χ0v) is 18.9. The molecule has 4 nitrogen and oxygen atoms in total. The second-order valence-corrected chi connectivity index (χ2v) is 9.32. The number of anilines is 1. The summed E-state index contributed by atoms with van der Waals surface area (Å²) in [7, 11) is 1.36. The first-order valence-corrected chi connectivity index (χ1v) is 10.7. The smallest absolute Gasteiger partial charge is 0.341 e. The summed E-state index contributed by atoms with van der Waals surface area (Å²) in [6.45, 7) is 7.80. The van der Waals surface area contributed by atoms with Gasteiger partial charge in [-0.1, -0.05) is 74.0 Å². The van der Waals surface area contributed by atoms with Crippen LogP contribution in [-0.2, 0) is 16.0 Å². The Labute approximate surface area is 181 Å². The molecular formula is C25H27NO3S. The molecule has 2 aromatic carbocycles. The Morgan fingerprint density at radius 3 is 2.23 bits per heavy atom. The zero-order valence-electron chi connectivity index (χ0n) is 18.0. The molecule has 5 heteroatoms. The third-order valence-electron chi connectivity index (χ3n) is 5.14. The summed E-state index contributed by atoms with van der Waals surface area (Å²) in [6, 6.07) is 17.9. The first-order valence-electron chi connectivity index (χ1n) is 9.87.